The number of carbonyl (C=O) groups excluding carboxylic acids is 1. The van der Waals surface area contributed by atoms with Gasteiger partial charge in [0.05, 0.1) is 5.71 Å². The van der Waals surface area contributed by atoms with E-state index in [1.165, 1.54) is 16.9 Å². The van der Waals surface area contributed by atoms with Crippen molar-refractivity contribution in [2.45, 2.75) is 19.3 Å². The topological polar surface area (TPSA) is 38.7 Å². The molecule has 1 aliphatic rings. The molecular formula is C15H13NO2S. The van der Waals surface area contributed by atoms with Gasteiger partial charge < -0.3 is 4.84 Å². The molecule has 0 atom stereocenters. The molecule has 0 saturated heterocycles. The largest absolute Gasteiger partial charge is 0.375 e. The van der Waals surface area contributed by atoms with E-state index in [1.54, 1.807) is 6.07 Å². The van der Waals surface area contributed by atoms with Crippen molar-refractivity contribution in [2.75, 3.05) is 0 Å². The second-order valence-corrected chi connectivity index (χ2v) is 5.35. The van der Waals surface area contributed by atoms with Gasteiger partial charge in [-0.05, 0) is 36.3 Å². The SMILES string of the molecule is O=C(O/N=C1/CCCc2ccccc21)c1cccs1. The summed E-state index contributed by atoms with van der Waals surface area (Å²) in [5.74, 6) is -0.384. The van der Waals surface area contributed by atoms with Crippen molar-refractivity contribution in [1.82, 2.24) is 0 Å². The van der Waals surface area contributed by atoms with Crippen LogP contribution < -0.4 is 0 Å². The summed E-state index contributed by atoms with van der Waals surface area (Å²) < 4.78 is 0. The monoisotopic (exact) mass is 271 g/mol. The minimum Gasteiger partial charge on any atom is -0.312 e. The molecule has 96 valence electrons. The summed E-state index contributed by atoms with van der Waals surface area (Å²) in [7, 11) is 0. The molecule has 0 bridgehead atoms. The van der Waals surface area contributed by atoms with Crippen LogP contribution in [-0.4, -0.2) is 11.7 Å². The van der Waals surface area contributed by atoms with Crippen LogP contribution in [0.2, 0.25) is 0 Å². The summed E-state index contributed by atoms with van der Waals surface area (Å²) >= 11 is 1.36. The lowest BCUT2D eigenvalue weighted by Crippen LogP contribution is -2.13. The number of oxime groups is 1. The van der Waals surface area contributed by atoms with Gasteiger partial charge in [-0.15, -0.1) is 11.3 Å². The second-order valence-electron chi connectivity index (χ2n) is 4.40. The molecule has 0 fully saturated rings. The van der Waals surface area contributed by atoms with E-state index in [-0.39, 0.29) is 5.97 Å². The first-order valence-corrected chi connectivity index (χ1v) is 7.12. The summed E-state index contributed by atoms with van der Waals surface area (Å²) in [6, 6.07) is 11.7. The van der Waals surface area contributed by atoms with Gasteiger partial charge in [-0.3, -0.25) is 0 Å². The molecule has 0 amide bonds. The number of thiophene rings is 1. The standard InChI is InChI=1S/C15H13NO2S/c17-15(14-9-4-10-19-14)18-16-13-8-3-6-11-5-1-2-7-12(11)13/h1-2,4-5,7,9-10H,3,6,8H2/b16-13-. The average molecular weight is 271 g/mol. The van der Waals surface area contributed by atoms with Crippen molar-refractivity contribution in [2.24, 2.45) is 5.16 Å². The maximum absolute atomic E-state index is 11.7. The molecular weight excluding hydrogens is 258 g/mol. The van der Waals surface area contributed by atoms with Crippen LogP contribution in [0.3, 0.4) is 0 Å². The van der Waals surface area contributed by atoms with Gasteiger partial charge in [0.25, 0.3) is 0 Å². The smallest absolute Gasteiger partial charge is 0.312 e. The summed E-state index contributed by atoms with van der Waals surface area (Å²) in [4.78, 5) is 17.4. The van der Waals surface area contributed by atoms with Crippen LogP contribution in [-0.2, 0) is 11.3 Å². The lowest BCUT2D eigenvalue weighted by atomic mass is 9.90. The third-order valence-electron chi connectivity index (χ3n) is 3.15. The Morgan fingerprint density at radius 3 is 2.89 bits per heavy atom. The zero-order valence-corrected chi connectivity index (χ0v) is 11.2. The Hall–Kier alpha value is -1.94. The lowest BCUT2D eigenvalue weighted by Gasteiger charge is -2.16. The number of hydrogen-bond acceptors (Lipinski definition) is 4. The highest BCUT2D eigenvalue weighted by Gasteiger charge is 2.16. The van der Waals surface area contributed by atoms with Gasteiger partial charge in [-0.25, -0.2) is 4.79 Å². The number of fused-ring (bicyclic) bond motifs is 1. The first-order valence-electron chi connectivity index (χ1n) is 6.24. The molecule has 0 spiro atoms. The van der Waals surface area contributed by atoms with Gasteiger partial charge >= 0.3 is 5.97 Å². The van der Waals surface area contributed by atoms with Crippen LogP contribution in [0.15, 0.2) is 46.9 Å². The maximum atomic E-state index is 11.7. The van der Waals surface area contributed by atoms with E-state index in [1.807, 2.05) is 29.6 Å². The predicted molar refractivity (Wildman–Crippen MR) is 75.7 cm³/mol. The van der Waals surface area contributed by atoms with Gasteiger partial charge in [0, 0.05) is 5.56 Å². The minimum absolute atomic E-state index is 0.384. The zero-order valence-electron chi connectivity index (χ0n) is 10.3. The first kappa shape index (κ1) is 12.1. The average Bonchev–Trinajstić information content (AvgIpc) is 2.99. The van der Waals surface area contributed by atoms with E-state index >= 15 is 0 Å². The number of carbonyl (C=O) groups is 1. The number of benzene rings is 1. The maximum Gasteiger partial charge on any atom is 0.375 e. The van der Waals surface area contributed by atoms with Crippen LogP contribution in [0.5, 0.6) is 0 Å². The van der Waals surface area contributed by atoms with Crippen LogP contribution in [0, 0.1) is 0 Å². The summed E-state index contributed by atoms with van der Waals surface area (Å²) in [6.45, 7) is 0. The predicted octanol–water partition coefficient (Wildman–Crippen LogP) is 3.65. The van der Waals surface area contributed by atoms with Gasteiger partial charge in [0.2, 0.25) is 0 Å². The van der Waals surface area contributed by atoms with Gasteiger partial charge in [0.1, 0.15) is 4.88 Å². The fourth-order valence-electron chi connectivity index (χ4n) is 2.23. The Morgan fingerprint density at radius 1 is 1.16 bits per heavy atom. The van der Waals surface area contributed by atoms with Gasteiger partial charge in [-0.2, -0.15) is 0 Å². The molecule has 19 heavy (non-hydrogen) atoms. The van der Waals surface area contributed by atoms with Crippen LogP contribution in [0.4, 0.5) is 0 Å². The van der Waals surface area contributed by atoms with E-state index in [2.05, 4.69) is 11.2 Å². The number of rotatable bonds is 2. The molecule has 1 aromatic heterocycles. The fourth-order valence-corrected chi connectivity index (χ4v) is 2.83. The van der Waals surface area contributed by atoms with Crippen LogP contribution in [0.1, 0.15) is 33.6 Å². The highest BCUT2D eigenvalue weighted by atomic mass is 32.1. The first-order chi connectivity index (χ1) is 9.34. The molecule has 1 aromatic carbocycles. The van der Waals surface area contributed by atoms with Gasteiger partial charge in [0.15, 0.2) is 0 Å². The highest BCUT2D eigenvalue weighted by molar-refractivity contribution is 7.11. The van der Waals surface area contributed by atoms with Crippen molar-refractivity contribution in [3.63, 3.8) is 0 Å². The Bertz CT molecular complexity index is 617. The number of aryl methyl sites for hydroxylation is 1. The van der Waals surface area contributed by atoms with E-state index in [9.17, 15) is 4.79 Å². The zero-order chi connectivity index (χ0) is 13.1. The third kappa shape index (κ3) is 2.58. The molecule has 3 rings (SSSR count). The Labute approximate surface area is 115 Å². The molecule has 3 nitrogen and oxygen atoms in total. The van der Waals surface area contributed by atoms with Crippen molar-refractivity contribution >= 4 is 23.0 Å². The van der Waals surface area contributed by atoms with Crippen molar-refractivity contribution < 1.29 is 9.63 Å². The Balaban J connectivity index is 1.80. The molecule has 0 unspecified atom stereocenters. The minimum atomic E-state index is -0.384. The molecule has 0 aliphatic heterocycles. The molecule has 1 aliphatic carbocycles. The molecule has 1 heterocycles. The number of hydrogen-bond donors (Lipinski definition) is 0. The van der Waals surface area contributed by atoms with E-state index in [0.717, 1.165) is 30.5 Å². The Kier molecular flexibility index (Phi) is 3.42. The van der Waals surface area contributed by atoms with E-state index < -0.39 is 0 Å². The quantitative estimate of drug-likeness (QED) is 0.618. The molecule has 0 N–H and O–H groups in total. The highest BCUT2D eigenvalue weighted by Crippen LogP contribution is 2.22. The third-order valence-corrected chi connectivity index (χ3v) is 4.00. The fraction of sp³-hybridized carbons (Fsp3) is 0.200. The molecule has 4 heteroatoms. The lowest BCUT2D eigenvalue weighted by molar-refractivity contribution is 0.0521. The van der Waals surface area contributed by atoms with E-state index in [0.29, 0.717) is 4.88 Å². The van der Waals surface area contributed by atoms with Gasteiger partial charge in [-0.1, -0.05) is 35.5 Å². The van der Waals surface area contributed by atoms with Crippen molar-refractivity contribution in [1.29, 1.82) is 0 Å². The molecule has 0 saturated carbocycles. The summed E-state index contributed by atoms with van der Waals surface area (Å²) in [5.41, 5.74) is 3.25. The number of nitrogens with zero attached hydrogens (tertiary/aromatic N) is 1. The normalized spacial score (nSPS) is 16.1. The molecule has 2 aromatic rings. The Morgan fingerprint density at radius 2 is 2.05 bits per heavy atom. The van der Waals surface area contributed by atoms with Crippen molar-refractivity contribution in [3.05, 3.63) is 57.8 Å². The summed E-state index contributed by atoms with van der Waals surface area (Å²) in [5, 5.41) is 5.90. The molecule has 0 radical (unpaired) electrons. The summed E-state index contributed by atoms with van der Waals surface area (Å²) in [6.07, 6.45) is 2.97. The second kappa shape index (κ2) is 5.36. The van der Waals surface area contributed by atoms with Crippen LogP contribution >= 0.6 is 11.3 Å². The van der Waals surface area contributed by atoms with E-state index in [4.69, 9.17) is 4.84 Å². The van der Waals surface area contributed by atoms with Crippen molar-refractivity contribution in [3.8, 4) is 0 Å². The van der Waals surface area contributed by atoms with Crippen LogP contribution in [0.25, 0.3) is 0 Å².